The van der Waals surface area contributed by atoms with E-state index in [9.17, 15) is 9.18 Å². The van der Waals surface area contributed by atoms with Crippen LogP contribution in [0.5, 0.6) is 0 Å². The van der Waals surface area contributed by atoms with Gasteiger partial charge < -0.3 is 9.64 Å². The van der Waals surface area contributed by atoms with Crippen LogP contribution in [-0.4, -0.2) is 50.1 Å². The second-order valence-electron chi connectivity index (χ2n) is 7.32. The van der Waals surface area contributed by atoms with Gasteiger partial charge in [0, 0.05) is 31.0 Å². The number of carbonyl (C=O) groups is 1. The Balaban J connectivity index is 1.67. The highest BCUT2D eigenvalue weighted by Crippen LogP contribution is 2.31. The number of hydrogen-bond donors (Lipinski definition) is 0. The average molecular weight is 397 g/mol. The van der Waals surface area contributed by atoms with Crippen molar-refractivity contribution in [2.45, 2.75) is 26.3 Å². The van der Waals surface area contributed by atoms with E-state index in [1.807, 2.05) is 32.0 Å². The normalized spacial score (nSPS) is 17.0. The van der Waals surface area contributed by atoms with Crippen molar-refractivity contribution >= 4 is 5.91 Å². The third kappa shape index (κ3) is 3.67. The average Bonchev–Trinajstić information content (AvgIpc) is 3.24. The van der Waals surface area contributed by atoms with Crippen molar-refractivity contribution in [1.29, 1.82) is 0 Å². The maximum atomic E-state index is 14.3. The maximum Gasteiger partial charge on any atom is 0.227 e. The Morgan fingerprint density at radius 2 is 2.10 bits per heavy atom. The van der Waals surface area contributed by atoms with Gasteiger partial charge in [-0.2, -0.15) is 10.2 Å². The molecule has 0 unspecified atom stereocenters. The third-order valence-electron chi connectivity index (χ3n) is 5.32. The van der Waals surface area contributed by atoms with E-state index in [1.165, 1.54) is 6.07 Å². The molecule has 4 rings (SSSR count). The molecule has 1 amide bonds. The van der Waals surface area contributed by atoms with Crippen LogP contribution in [0.4, 0.5) is 4.39 Å². The van der Waals surface area contributed by atoms with Gasteiger partial charge in [0.25, 0.3) is 0 Å². The van der Waals surface area contributed by atoms with Crippen molar-refractivity contribution in [2.75, 3.05) is 19.8 Å². The van der Waals surface area contributed by atoms with Gasteiger partial charge in [0.1, 0.15) is 11.5 Å². The third-order valence-corrected chi connectivity index (χ3v) is 5.32. The van der Waals surface area contributed by atoms with Crippen LogP contribution in [0.1, 0.15) is 28.6 Å². The number of halogens is 1. The van der Waals surface area contributed by atoms with E-state index in [-0.39, 0.29) is 24.2 Å². The molecule has 1 aliphatic rings. The molecule has 29 heavy (non-hydrogen) atoms. The van der Waals surface area contributed by atoms with Gasteiger partial charge in [-0.25, -0.2) is 9.07 Å². The fourth-order valence-corrected chi connectivity index (χ4v) is 3.98. The molecule has 1 fully saturated rings. The van der Waals surface area contributed by atoms with E-state index in [1.54, 1.807) is 33.8 Å². The Kier molecular flexibility index (Phi) is 5.19. The van der Waals surface area contributed by atoms with Crippen LogP contribution < -0.4 is 0 Å². The predicted octanol–water partition coefficient (Wildman–Crippen LogP) is 2.50. The molecule has 1 saturated heterocycles. The quantitative estimate of drug-likeness (QED) is 0.679. The number of benzene rings is 1. The molecule has 0 saturated carbocycles. The number of carbonyl (C=O) groups excluding carboxylic acids is 1. The number of rotatable bonds is 4. The van der Waals surface area contributed by atoms with Crippen molar-refractivity contribution in [2.24, 2.45) is 7.05 Å². The molecular weight excluding hydrogens is 373 g/mol. The van der Waals surface area contributed by atoms with Crippen molar-refractivity contribution < 1.29 is 13.9 Å². The largest absolute Gasteiger partial charge is 0.377 e. The lowest BCUT2D eigenvalue weighted by atomic mass is 10.0. The fraction of sp³-hybridized carbons (Fsp3) is 0.381. The molecule has 0 bridgehead atoms. The van der Waals surface area contributed by atoms with Crippen LogP contribution in [0.2, 0.25) is 0 Å². The van der Waals surface area contributed by atoms with Crippen molar-refractivity contribution in [3.8, 4) is 5.69 Å². The number of amides is 1. The Morgan fingerprint density at radius 1 is 1.31 bits per heavy atom. The molecule has 2 aromatic heterocycles. The number of aryl methyl sites for hydroxylation is 2. The summed E-state index contributed by atoms with van der Waals surface area (Å²) in [6, 6.07) is 6.29. The number of nitrogens with zero attached hydrogens (tertiary/aromatic N) is 5. The number of hydrogen-bond acceptors (Lipinski definition) is 4. The molecule has 0 aliphatic carbocycles. The van der Waals surface area contributed by atoms with Gasteiger partial charge in [0.15, 0.2) is 0 Å². The lowest BCUT2D eigenvalue weighted by molar-refractivity contribution is -0.139. The lowest BCUT2D eigenvalue weighted by Crippen LogP contribution is -2.44. The van der Waals surface area contributed by atoms with Crippen LogP contribution in [0.25, 0.3) is 5.69 Å². The first-order valence-corrected chi connectivity index (χ1v) is 9.61. The van der Waals surface area contributed by atoms with Crippen molar-refractivity contribution in [1.82, 2.24) is 24.5 Å². The van der Waals surface area contributed by atoms with Gasteiger partial charge in [-0.15, -0.1) is 0 Å². The van der Waals surface area contributed by atoms with E-state index < -0.39 is 0 Å². The summed E-state index contributed by atoms with van der Waals surface area (Å²) >= 11 is 0. The predicted molar refractivity (Wildman–Crippen MR) is 105 cm³/mol. The van der Waals surface area contributed by atoms with E-state index in [0.29, 0.717) is 25.4 Å². The summed E-state index contributed by atoms with van der Waals surface area (Å²) < 4.78 is 23.3. The summed E-state index contributed by atoms with van der Waals surface area (Å²) in [5.74, 6) is -0.321. The zero-order chi connectivity index (χ0) is 20.5. The molecule has 0 radical (unpaired) electrons. The zero-order valence-corrected chi connectivity index (χ0v) is 16.8. The summed E-state index contributed by atoms with van der Waals surface area (Å²) in [5.41, 5.74) is 3.75. The van der Waals surface area contributed by atoms with Crippen molar-refractivity contribution in [3.05, 3.63) is 65.0 Å². The number of morpholine rings is 1. The minimum Gasteiger partial charge on any atom is -0.377 e. The minimum atomic E-state index is -0.339. The van der Waals surface area contributed by atoms with E-state index in [0.717, 1.165) is 22.5 Å². The molecule has 1 aliphatic heterocycles. The van der Waals surface area contributed by atoms with Crippen LogP contribution in [0, 0.1) is 19.7 Å². The summed E-state index contributed by atoms with van der Waals surface area (Å²) in [7, 11) is 1.83. The van der Waals surface area contributed by atoms with E-state index >= 15 is 0 Å². The lowest BCUT2D eigenvalue weighted by Gasteiger charge is -2.36. The summed E-state index contributed by atoms with van der Waals surface area (Å²) in [5, 5.41) is 8.71. The monoisotopic (exact) mass is 397 g/mol. The maximum absolute atomic E-state index is 14.3. The highest BCUT2D eigenvalue weighted by molar-refractivity contribution is 5.79. The fourth-order valence-electron chi connectivity index (χ4n) is 3.98. The van der Waals surface area contributed by atoms with E-state index in [2.05, 4.69) is 10.2 Å². The second-order valence-corrected chi connectivity index (χ2v) is 7.32. The molecule has 3 heterocycles. The standard InChI is InChI=1S/C21H24FN5O2/c1-14-21(15(2)27(24-14)18-7-5-4-6-17(18)22)19-13-29-9-8-26(19)20(28)10-16-11-23-25(3)12-16/h4-7,11-12,19H,8-10,13H2,1-3H3/t19-/m0/s1. The highest BCUT2D eigenvalue weighted by atomic mass is 19.1. The molecule has 1 atom stereocenters. The zero-order valence-electron chi connectivity index (χ0n) is 16.8. The van der Waals surface area contributed by atoms with Gasteiger partial charge in [-0.05, 0) is 31.5 Å². The summed E-state index contributed by atoms with van der Waals surface area (Å²) in [6.45, 7) is 5.18. The molecule has 1 aromatic carbocycles. The molecule has 8 heteroatoms. The molecular formula is C21H24FN5O2. The van der Waals surface area contributed by atoms with Crippen molar-refractivity contribution in [3.63, 3.8) is 0 Å². The molecule has 7 nitrogen and oxygen atoms in total. The number of aromatic nitrogens is 4. The topological polar surface area (TPSA) is 65.2 Å². The summed E-state index contributed by atoms with van der Waals surface area (Å²) in [6.07, 6.45) is 3.84. The Hall–Kier alpha value is -3.00. The number of ether oxygens (including phenoxy) is 1. The minimum absolute atomic E-state index is 0.0174. The molecule has 3 aromatic rings. The van der Waals surface area contributed by atoms with Crippen LogP contribution in [0.15, 0.2) is 36.7 Å². The first-order chi connectivity index (χ1) is 14.0. The summed E-state index contributed by atoms with van der Waals surface area (Å²) in [4.78, 5) is 14.9. The Labute approximate surface area is 168 Å². The highest BCUT2D eigenvalue weighted by Gasteiger charge is 2.33. The van der Waals surface area contributed by atoms with Gasteiger partial charge in [-0.3, -0.25) is 9.48 Å². The Bertz CT molecular complexity index is 1040. The van der Waals surface area contributed by atoms with Crippen LogP contribution in [-0.2, 0) is 23.0 Å². The SMILES string of the molecule is Cc1nn(-c2ccccc2F)c(C)c1[C@@H]1COCCN1C(=O)Cc1cnn(C)c1. The van der Waals surface area contributed by atoms with Gasteiger partial charge >= 0.3 is 0 Å². The van der Waals surface area contributed by atoms with Crippen LogP contribution >= 0.6 is 0 Å². The first-order valence-electron chi connectivity index (χ1n) is 9.61. The van der Waals surface area contributed by atoms with Gasteiger partial charge in [0.2, 0.25) is 5.91 Å². The smallest absolute Gasteiger partial charge is 0.227 e. The van der Waals surface area contributed by atoms with Gasteiger partial charge in [0.05, 0.1) is 37.6 Å². The molecule has 0 spiro atoms. The van der Waals surface area contributed by atoms with Gasteiger partial charge in [-0.1, -0.05) is 12.1 Å². The molecule has 152 valence electrons. The molecule has 0 N–H and O–H groups in total. The second kappa shape index (κ2) is 7.79. The first kappa shape index (κ1) is 19.3. The number of para-hydroxylation sites is 1. The van der Waals surface area contributed by atoms with Crippen LogP contribution in [0.3, 0.4) is 0 Å². The van der Waals surface area contributed by atoms with E-state index in [4.69, 9.17) is 4.74 Å². The Morgan fingerprint density at radius 3 is 2.83 bits per heavy atom.